The molecule has 1 atom stereocenters. The number of thiazole rings is 1. The van der Waals surface area contributed by atoms with Gasteiger partial charge in [0.25, 0.3) is 0 Å². The summed E-state index contributed by atoms with van der Waals surface area (Å²) < 4.78 is 1.54. The van der Waals surface area contributed by atoms with Gasteiger partial charge in [-0.2, -0.15) is 4.52 Å². The van der Waals surface area contributed by atoms with Gasteiger partial charge in [-0.1, -0.05) is 42.0 Å². The van der Waals surface area contributed by atoms with Crippen LogP contribution in [0.25, 0.3) is 4.96 Å². The molecule has 0 saturated carbocycles. The largest absolute Gasteiger partial charge is 0.492 e. The molecule has 138 valence electrons. The van der Waals surface area contributed by atoms with Crippen LogP contribution in [0.2, 0.25) is 5.02 Å². The van der Waals surface area contributed by atoms with E-state index in [1.165, 1.54) is 11.3 Å². The molecule has 1 fully saturated rings. The van der Waals surface area contributed by atoms with Gasteiger partial charge in [-0.15, -0.1) is 5.10 Å². The quantitative estimate of drug-likeness (QED) is 0.740. The second kappa shape index (κ2) is 7.15. The highest BCUT2D eigenvalue weighted by atomic mass is 35.5. The van der Waals surface area contributed by atoms with E-state index < -0.39 is 0 Å². The van der Waals surface area contributed by atoms with E-state index in [1.807, 2.05) is 31.2 Å². The molecule has 1 aromatic carbocycles. The van der Waals surface area contributed by atoms with E-state index in [0.29, 0.717) is 10.8 Å². The van der Waals surface area contributed by atoms with Crippen molar-refractivity contribution in [2.45, 2.75) is 19.9 Å². The molecule has 0 aliphatic carbocycles. The number of aromatic hydroxyl groups is 1. The second-order valence-electron chi connectivity index (χ2n) is 6.57. The van der Waals surface area contributed by atoms with Crippen molar-refractivity contribution in [2.24, 2.45) is 0 Å². The predicted octanol–water partition coefficient (Wildman–Crippen LogP) is 3.19. The minimum atomic E-state index is -0.0277. The first-order valence-corrected chi connectivity index (χ1v) is 10.0. The third-order valence-corrected chi connectivity index (χ3v) is 6.28. The summed E-state index contributed by atoms with van der Waals surface area (Å²) in [5.41, 5.74) is 1.12. The molecule has 1 saturated heterocycles. The van der Waals surface area contributed by atoms with Crippen molar-refractivity contribution in [3.05, 3.63) is 45.6 Å². The Morgan fingerprint density at radius 1 is 1.19 bits per heavy atom. The van der Waals surface area contributed by atoms with Gasteiger partial charge in [-0.25, -0.2) is 4.98 Å². The summed E-state index contributed by atoms with van der Waals surface area (Å²) in [4.78, 5) is 10.9. The van der Waals surface area contributed by atoms with Gasteiger partial charge < -0.3 is 10.0 Å². The lowest BCUT2D eigenvalue weighted by Crippen LogP contribution is -2.47. The van der Waals surface area contributed by atoms with Crippen molar-refractivity contribution in [3.8, 4) is 5.88 Å². The van der Waals surface area contributed by atoms with Gasteiger partial charge in [0, 0.05) is 31.2 Å². The van der Waals surface area contributed by atoms with Crippen LogP contribution < -0.4 is 0 Å². The molecule has 6 nitrogen and oxygen atoms in total. The van der Waals surface area contributed by atoms with Crippen molar-refractivity contribution in [2.75, 3.05) is 32.7 Å². The van der Waals surface area contributed by atoms with E-state index in [2.05, 4.69) is 26.8 Å². The van der Waals surface area contributed by atoms with E-state index in [0.717, 1.165) is 48.1 Å². The van der Waals surface area contributed by atoms with E-state index >= 15 is 0 Å². The minimum absolute atomic E-state index is 0.0277. The second-order valence-corrected chi connectivity index (χ2v) is 8.01. The number of aromatic nitrogens is 3. The molecular weight excluding hydrogens is 370 g/mol. The van der Waals surface area contributed by atoms with Gasteiger partial charge in [0.2, 0.25) is 10.8 Å². The molecule has 0 unspecified atom stereocenters. The first-order chi connectivity index (χ1) is 12.6. The third kappa shape index (κ3) is 3.20. The SMILES string of the molecule is CCN1CCN([C@H](c2ccc(Cl)cc2)c2sc3nc(C)nn3c2O)CC1. The van der Waals surface area contributed by atoms with Crippen LogP contribution >= 0.6 is 22.9 Å². The van der Waals surface area contributed by atoms with E-state index in [4.69, 9.17) is 11.6 Å². The monoisotopic (exact) mass is 391 g/mol. The Balaban J connectivity index is 1.75. The molecule has 2 aromatic heterocycles. The number of rotatable bonds is 4. The van der Waals surface area contributed by atoms with Gasteiger partial charge in [-0.3, -0.25) is 4.90 Å². The number of piperazine rings is 1. The highest BCUT2D eigenvalue weighted by molar-refractivity contribution is 7.17. The van der Waals surface area contributed by atoms with Crippen LogP contribution in [0.3, 0.4) is 0 Å². The minimum Gasteiger partial charge on any atom is -0.492 e. The number of halogens is 1. The van der Waals surface area contributed by atoms with Crippen molar-refractivity contribution in [3.63, 3.8) is 0 Å². The van der Waals surface area contributed by atoms with Gasteiger partial charge in [0.1, 0.15) is 5.82 Å². The van der Waals surface area contributed by atoms with E-state index in [-0.39, 0.29) is 11.9 Å². The lowest BCUT2D eigenvalue weighted by Gasteiger charge is -2.38. The number of likely N-dealkylation sites (N-methyl/N-ethyl adjacent to an activating group) is 1. The Morgan fingerprint density at radius 2 is 1.88 bits per heavy atom. The lowest BCUT2D eigenvalue weighted by molar-refractivity contribution is 0.113. The van der Waals surface area contributed by atoms with Crippen molar-refractivity contribution in [1.29, 1.82) is 0 Å². The molecule has 1 N–H and O–H groups in total. The van der Waals surface area contributed by atoms with Crippen molar-refractivity contribution in [1.82, 2.24) is 24.4 Å². The van der Waals surface area contributed by atoms with Crippen LogP contribution in [0.1, 0.15) is 29.2 Å². The van der Waals surface area contributed by atoms with Crippen LogP contribution in [-0.2, 0) is 0 Å². The maximum Gasteiger partial charge on any atom is 0.230 e. The maximum atomic E-state index is 10.8. The molecule has 26 heavy (non-hydrogen) atoms. The number of aryl methyl sites for hydroxylation is 1. The zero-order chi connectivity index (χ0) is 18.3. The Kier molecular flexibility index (Phi) is 4.88. The summed E-state index contributed by atoms with van der Waals surface area (Å²) in [5.74, 6) is 0.848. The van der Waals surface area contributed by atoms with E-state index in [1.54, 1.807) is 4.52 Å². The number of benzene rings is 1. The van der Waals surface area contributed by atoms with Gasteiger partial charge in [0.15, 0.2) is 0 Å². The van der Waals surface area contributed by atoms with Gasteiger partial charge in [-0.05, 0) is 31.2 Å². The molecule has 1 aliphatic rings. The molecule has 4 rings (SSSR count). The molecule has 0 spiro atoms. The highest BCUT2D eigenvalue weighted by Crippen LogP contribution is 2.40. The maximum absolute atomic E-state index is 10.8. The zero-order valence-electron chi connectivity index (χ0n) is 14.9. The fourth-order valence-electron chi connectivity index (χ4n) is 3.54. The number of nitrogens with zero attached hydrogens (tertiary/aromatic N) is 5. The molecule has 3 aromatic rings. The third-order valence-electron chi connectivity index (χ3n) is 4.96. The standard InChI is InChI=1S/C18H22ClN5OS/c1-3-22-8-10-23(11-9-22)15(13-4-6-14(19)7-5-13)16-17(25)24-18(26-16)20-12(2)21-24/h4-7,15,25H,3,8-11H2,1-2H3/t15-/m1/s1. The fourth-order valence-corrected chi connectivity index (χ4v) is 4.83. The summed E-state index contributed by atoms with van der Waals surface area (Å²) in [6.07, 6.45) is 0. The number of hydrogen-bond acceptors (Lipinski definition) is 6. The molecule has 1 aliphatic heterocycles. The first-order valence-electron chi connectivity index (χ1n) is 8.83. The predicted molar refractivity (Wildman–Crippen MR) is 104 cm³/mol. The van der Waals surface area contributed by atoms with Crippen LogP contribution in [0.4, 0.5) is 0 Å². The Hall–Kier alpha value is -1.67. The van der Waals surface area contributed by atoms with Crippen LogP contribution in [0.15, 0.2) is 24.3 Å². The summed E-state index contributed by atoms with van der Waals surface area (Å²) in [6.45, 7) is 9.06. The van der Waals surface area contributed by atoms with Crippen LogP contribution in [-0.4, -0.2) is 62.2 Å². The average Bonchev–Trinajstić information content (AvgIpc) is 3.15. The molecule has 0 bridgehead atoms. The number of fused-ring (bicyclic) bond motifs is 1. The fraction of sp³-hybridized carbons (Fsp3) is 0.444. The van der Waals surface area contributed by atoms with Gasteiger partial charge >= 0.3 is 0 Å². The summed E-state index contributed by atoms with van der Waals surface area (Å²) in [6, 6.07) is 7.87. The summed E-state index contributed by atoms with van der Waals surface area (Å²) in [5, 5.41) is 15.9. The Labute approximate surface area is 161 Å². The summed E-state index contributed by atoms with van der Waals surface area (Å²) >= 11 is 7.59. The van der Waals surface area contributed by atoms with Gasteiger partial charge in [0.05, 0.1) is 10.9 Å². The lowest BCUT2D eigenvalue weighted by atomic mass is 10.0. The molecule has 0 amide bonds. The molecule has 0 radical (unpaired) electrons. The molecular formula is C18H22ClN5OS. The normalized spacial score (nSPS) is 17.8. The summed E-state index contributed by atoms with van der Waals surface area (Å²) in [7, 11) is 0. The highest BCUT2D eigenvalue weighted by Gasteiger charge is 2.31. The Morgan fingerprint density at radius 3 is 2.50 bits per heavy atom. The Bertz CT molecular complexity index is 898. The van der Waals surface area contributed by atoms with Crippen LogP contribution in [0, 0.1) is 6.92 Å². The number of hydrogen-bond donors (Lipinski definition) is 1. The van der Waals surface area contributed by atoms with E-state index in [9.17, 15) is 5.11 Å². The molecule has 3 heterocycles. The topological polar surface area (TPSA) is 56.9 Å². The van der Waals surface area contributed by atoms with Crippen molar-refractivity contribution < 1.29 is 5.11 Å². The molecule has 8 heteroatoms. The average molecular weight is 392 g/mol. The van der Waals surface area contributed by atoms with Crippen molar-refractivity contribution >= 4 is 27.9 Å². The van der Waals surface area contributed by atoms with Crippen LogP contribution in [0.5, 0.6) is 5.88 Å². The first kappa shape index (κ1) is 17.7. The smallest absolute Gasteiger partial charge is 0.230 e. The zero-order valence-corrected chi connectivity index (χ0v) is 16.5.